The maximum Gasteiger partial charge on any atom is 0.337 e. The van der Waals surface area contributed by atoms with Gasteiger partial charge in [0.25, 0.3) is 11.7 Å². The molecule has 7 nitrogen and oxygen atoms in total. The van der Waals surface area contributed by atoms with Crippen LogP contribution in [0.5, 0.6) is 5.75 Å². The number of ether oxygens (including phenoxy) is 2. The van der Waals surface area contributed by atoms with Crippen LogP contribution >= 0.6 is 0 Å². The minimum Gasteiger partial charge on any atom is -0.507 e. The molecule has 1 heterocycles. The number of hydrogen-bond acceptors (Lipinski definition) is 6. The number of Topliss-reactive ketones (excluding diaryl/α,β-unsaturated/α-hetero) is 1. The molecule has 0 bridgehead atoms. The maximum absolute atomic E-state index is 13.3. The van der Waals surface area contributed by atoms with Crippen LogP contribution in [0.4, 0.5) is 5.69 Å². The molecular weight excluding hydrogens is 446 g/mol. The van der Waals surface area contributed by atoms with Crippen molar-refractivity contribution in [1.82, 2.24) is 0 Å². The number of hydrogen-bond donors (Lipinski definition) is 1. The molecule has 0 aromatic heterocycles. The van der Waals surface area contributed by atoms with Crippen LogP contribution in [0.3, 0.4) is 0 Å². The van der Waals surface area contributed by atoms with Crippen molar-refractivity contribution in [3.8, 4) is 5.75 Å². The summed E-state index contributed by atoms with van der Waals surface area (Å²) >= 11 is 0. The van der Waals surface area contributed by atoms with Crippen LogP contribution in [0, 0.1) is 6.92 Å². The number of carbonyl (C=O) groups excluding carboxylic acids is 3. The number of carbonyl (C=O) groups is 3. The Morgan fingerprint density at radius 1 is 0.971 bits per heavy atom. The third-order valence-electron chi connectivity index (χ3n) is 5.87. The number of aryl methyl sites for hydroxylation is 1. The standard InChI is InChI=1S/C28H25NO6/c1-4-35-22-15-12-20(16-17(22)2)25(30)23-24(18-8-6-5-7-9-18)29(27(32)26(23)31)21-13-10-19(11-14-21)28(33)34-3/h5-16,24,30H,4H2,1-3H3/b25-23-. The summed E-state index contributed by atoms with van der Waals surface area (Å²) in [4.78, 5) is 39.7. The molecule has 1 N–H and O–H groups in total. The fourth-order valence-corrected chi connectivity index (χ4v) is 4.20. The lowest BCUT2D eigenvalue weighted by Crippen LogP contribution is -2.29. The Morgan fingerprint density at radius 2 is 1.63 bits per heavy atom. The number of ketones is 1. The van der Waals surface area contributed by atoms with Crippen LogP contribution in [-0.2, 0) is 14.3 Å². The number of amides is 1. The SMILES string of the molecule is CCOc1ccc(/C(O)=C2/C(=O)C(=O)N(c3ccc(C(=O)OC)cc3)C2c2ccccc2)cc1C. The molecule has 1 atom stereocenters. The van der Waals surface area contributed by atoms with Crippen LogP contribution in [0.25, 0.3) is 5.76 Å². The van der Waals surface area contributed by atoms with Gasteiger partial charge in [-0.15, -0.1) is 0 Å². The molecule has 1 aliphatic rings. The summed E-state index contributed by atoms with van der Waals surface area (Å²) in [6.45, 7) is 4.23. The molecule has 3 aromatic rings. The molecule has 1 amide bonds. The lowest BCUT2D eigenvalue weighted by molar-refractivity contribution is -0.132. The number of rotatable bonds is 6. The van der Waals surface area contributed by atoms with Crippen molar-refractivity contribution in [2.24, 2.45) is 0 Å². The van der Waals surface area contributed by atoms with Crippen molar-refractivity contribution in [2.75, 3.05) is 18.6 Å². The molecule has 4 rings (SSSR count). The first-order valence-corrected chi connectivity index (χ1v) is 11.2. The van der Waals surface area contributed by atoms with Crippen LogP contribution in [0.2, 0.25) is 0 Å². The highest BCUT2D eigenvalue weighted by Crippen LogP contribution is 2.42. The van der Waals surface area contributed by atoms with Crippen LogP contribution in [0.15, 0.2) is 78.4 Å². The van der Waals surface area contributed by atoms with E-state index >= 15 is 0 Å². The summed E-state index contributed by atoms with van der Waals surface area (Å²) in [5.41, 5.74) is 2.57. The number of methoxy groups -OCH3 is 1. The first-order valence-electron chi connectivity index (χ1n) is 11.2. The highest BCUT2D eigenvalue weighted by atomic mass is 16.5. The Labute approximate surface area is 203 Å². The zero-order valence-corrected chi connectivity index (χ0v) is 19.6. The smallest absolute Gasteiger partial charge is 0.337 e. The Hall–Kier alpha value is -4.39. The lowest BCUT2D eigenvalue weighted by Gasteiger charge is -2.25. The van der Waals surface area contributed by atoms with E-state index in [2.05, 4.69) is 0 Å². The van der Waals surface area contributed by atoms with Crippen molar-refractivity contribution in [3.05, 3.63) is 101 Å². The van der Waals surface area contributed by atoms with E-state index in [1.54, 1.807) is 54.6 Å². The van der Waals surface area contributed by atoms with Gasteiger partial charge in [-0.25, -0.2) is 4.79 Å². The molecule has 0 spiro atoms. The minimum atomic E-state index is -0.855. The molecule has 1 fully saturated rings. The van der Waals surface area contributed by atoms with Gasteiger partial charge >= 0.3 is 5.97 Å². The molecule has 0 radical (unpaired) electrons. The largest absolute Gasteiger partial charge is 0.507 e. The summed E-state index contributed by atoms with van der Waals surface area (Å²) in [6.07, 6.45) is 0. The van der Waals surface area contributed by atoms with Crippen LogP contribution in [0.1, 0.15) is 40.0 Å². The van der Waals surface area contributed by atoms with Gasteiger partial charge in [0, 0.05) is 11.3 Å². The maximum atomic E-state index is 13.3. The van der Waals surface area contributed by atoms with Crippen molar-refractivity contribution < 1.29 is 29.0 Å². The highest BCUT2D eigenvalue weighted by Gasteiger charge is 2.47. The number of aliphatic hydroxyl groups excluding tert-OH is 1. The monoisotopic (exact) mass is 471 g/mol. The third-order valence-corrected chi connectivity index (χ3v) is 5.87. The summed E-state index contributed by atoms with van der Waals surface area (Å²) in [5.74, 6) is -1.66. The lowest BCUT2D eigenvalue weighted by atomic mass is 9.94. The Balaban J connectivity index is 1.86. The predicted molar refractivity (Wildman–Crippen MR) is 131 cm³/mol. The van der Waals surface area contributed by atoms with Crippen molar-refractivity contribution >= 4 is 29.1 Å². The van der Waals surface area contributed by atoms with E-state index in [1.807, 2.05) is 19.9 Å². The number of benzene rings is 3. The Kier molecular flexibility index (Phi) is 6.68. The molecule has 3 aromatic carbocycles. The molecule has 35 heavy (non-hydrogen) atoms. The zero-order valence-electron chi connectivity index (χ0n) is 19.6. The van der Waals surface area contributed by atoms with Gasteiger partial charge < -0.3 is 14.6 Å². The van der Waals surface area contributed by atoms with Gasteiger partial charge in [-0.1, -0.05) is 30.3 Å². The second-order valence-electron chi connectivity index (χ2n) is 8.03. The van der Waals surface area contributed by atoms with E-state index in [1.165, 1.54) is 24.1 Å². The van der Waals surface area contributed by atoms with Gasteiger partial charge in [0.15, 0.2) is 0 Å². The van der Waals surface area contributed by atoms with Gasteiger partial charge in [-0.2, -0.15) is 0 Å². The molecule has 0 saturated carbocycles. The molecule has 7 heteroatoms. The molecule has 1 saturated heterocycles. The van der Waals surface area contributed by atoms with Gasteiger partial charge in [0.05, 0.1) is 30.9 Å². The Bertz CT molecular complexity index is 1310. The fraction of sp³-hybridized carbons (Fsp3) is 0.179. The first kappa shape index (κ1) is 23.8. The number of nitrogens with zero attached hydrogens (tertiary/aromatic N) is 1. The Morgan fingerprint density at radius 3 is 2.23 bits per heavy atom. The van der Waals surface area contributed by atoms with Crippen molar-refractivity contribution in [1.29, 1.82) is 0 Å². The summed E-state index contributed by atoms with van der Waals surface area (Å²) in [5, 5.41) is 11.3. The van der Waals surface area contributed by atoms with Crippen LogP contribution in [-0.4, -0.2) is 36.5 Å². The van der Waals surface area contributed by atoms with E-state index in [0.717, 1.165) is 5.56 Å². The molecule has 178 valence electrons. The highest BCUT2D eigenvalue weighted by molar-refractivity contribution is 6.51. The predicted octanol–water partition coefficient (Wildman–Crippen LogP) is 4.81. The van der Waals surface area contributed by atoms with Gasteiger partial charge in [0.2, 0.25) is 0 Å². The topological polar surface area (TPSA) is 93.1 Å². The van der Waals surface area contributed by atoms with Gasteiger partial charge in [-0.3, -0.25) is 14.5 Å². The second kappa shape index (κ2) is 9.85. The molecular formula is C28H25NO6. The summed E-state index contributed by atoms with van der Waals surface area (Å²) in [7, 11) is 1.28. The van der Waals surface area contributed by atoms with Crippen molar-refractivity contribution in [3.63, 3.8) is 0 Å². The third kappa shape index (κ3) is 4.40. The van der Waals surface area contributed by atoms with Crippen LogP contribution < -0.4 is 9.64 Å². The second-order valence-corrected chi connectivity index (χ2v) is 8.03. The van der Waals surface area contributed by atoms with E-state index in [9.17, 15) is 19.5 Å². The van der Waals surface area contributed by atoms with E-state index in [-0.39, 0.29) is 11.3 Å². The average Bonchev–Trinajstić information content (AvgIpc) is 3.15. The van der Waals surface area contributed by atoms with E-state index < -0.39 is 23.7 Å². The summed E-state index contributed by atoms with van der Waals surface area (Å²) < 4.78 is 10.3. The number of esters is 1. The normalized spacial score (nSPS) is 16.9. The first-order chi connectivity index (χ1) is 16.9. The molecule has 1 unspecified atom stereocenters. The quantitative estimate of drug-likeness (QED) is 0.240. The van der Waals surface area contributed by atoms with Gasteiger partial charge in [0.1, 0.15) is 11.5 Å². The van der Waals surface area contributed by atoms with E-state index in [4.69, 9.17) is 9.47 Å². The van der Waals surface area contributed by atoms with Crippen molar-refractivity contribution in [2.45, 2.75) is 19.9 Å². The minimum absolute atomic E-state index is 0.0122. The fourth-order valence-electron chi connectivity index (χ4n) is 4.20. The molecule has 0 aliphatic carbocycles. The molecule has 1 aliphatic heterocycles. The van der Waals surface area contributed by atoms with Gasteiger partial charge in [-0.05, 0) is 67.4 Å². The zero-order chi connectivity index (χ0) is 25.1. The number of anilines is 1. The summed E-state index contributed by atoms with van der Waals surface area (Å²) in [6, 6.07) is 19.5. The number of aliphatic hydroxyl groups is 1. The average molecular weight is 472 g/mol. The van der Waals surface area contributed by atoms with E-state index in [0.29, 0.717) is 34.7 Å².